The Balaban J connectivity index is 2.32. The van der Waals surface area contributed by atoms with Gasteiger partial charge in [-0.1, -0.05) is 11.3 Å². The maximum atomic E-state index is 12.4. The first kappa shape index (κ1) is 14.2. The number of aromatic amines is 1. The maximum absolute atomic E-state index is 12.4. The van der Waals surface area contributed by atoms with Gasteiger partial charge in [-0.15, -0.1) is 0 Å². The highest BCUT2D eigenvalue weighted by atomic mass is 32.2. The van der Waals surface area contributed by atoms with Crippen LogP contribution >= 0.6 is 11.3 Å². The molecule has 1 aromatic rings. The van der Waals surface area contributed by atoms with Crippen molar-refractivity contribution in [2.45, 2.75) is 24.0 Å². The molecule has 0 spiro atoms. The zero-order valence-electron chi connectivity index (χ0n) is 10.2. The number of H-pyrrole nitrogens is 1. The molecule has 2 N–H and O–H groups in total. The molecule has 0 amide bonds. The van der Waals surface area contributed by atoms with Crippen molar-refractivity contribution in [3.8, 4) is 0 Å². The number of carboxylic acids is 1. The van der Waals surface area contributed by atoms with Crippen molar-refractivity contribution in [3.05, 3.63) is 15.4 Å². The predicted molar refractivity (Wildman–Crippen MR) is 68.8 cm³/mol. The number of nitrogens with one attached hydrogen (secondary N) is 1. The minimum absolute atomic E-state index is 0.0245. The normalized spacial score (nSPS) is 21.4. The molecule has 0 unspecified atom stereocenters. The van der Waals surface area contributed by atoms with Crippen LogP contribution in [0.5, 0.6) is 0 Å². The van der Waals surface area contributed by atoms with E-state index >= 15 is 0 Å². The van der Waals surface area contributed by atoms with Gasteiger partial charge < -0.3 is 10.1 Å². The van der Waals surface area contributed by atoms with Crippen LogP contribution in [0.4, 0.5) is 0 Å². The molecule has 2 heterocycles. The lowest BCUT2D eigenvalue weighted by molar-refractivity contribution is -0.142. The molecule has 1 saturated heterocycles. The standard InChI is InChI=1S/C10H14N2O5S2/c1-6-9(18-10(15)11-6)19(16,17)12-4-2-3-7(5-12)8(13)14/h7H,2-5H2,1H3,(H,11,15)(H,13,14)/t7-/m0/s1. The minimum atomic E-state index is -3.78. The van der Waals surface area contributed by atoms with E-state index in [9.17, 15) is 18.0 Å². The fourth-order valence-electron chi connectivity index (χ4n) is 2.12. The first-order valence-electron chi connectivity index (χ1n) is 5.75. The molecule has 2 rings (SSSR count). The predicted octanol–water partition coefficient (Wildman–Crippen LogP) is 0.230. The molecule has 0 aromatic carbocycles. The van der Waals surface area contributed by atoms with Crippen molar-refractivity contribution in [2.24, 2.45) is 5.92 Å². The summed E-state index contributed by atoms with van der Waals surface area (Å²) in [5.41, 5.74) is 0.299. The van der Waals surface area contributed by atoms with Crippen LogP contribution < -0.4 is 4.87 Å². The molecule has 0 saturated carbocycles. The van der Waals surface area contributed by atoms with Crippen LogP contribution in [0.25, 0.3) is 0 Å². The molecule has 0 aliphatic carbocycles. The Kier molecular flexibility index (Phi) is 3.79. The number of sulfonamides is 1. The number of carbonyl (C=O) groups is 1. The van der Waals surface area contributed by atoms with Crippen LogP contribution in [0.2, 0.25) is 0 Å². The van der Waals surface area contributed by atoms with E-state index in [0.717, 1.165) is 4.31 Å². The fraction of sp³-hybridized carbons (Fsp3) is 0.600. The molecule has 9 heteroatoms. The lowest BCUT2D eigenvalue weighted by Gasteiger charge is -2.29. The monoisotopic (exact) mass is 306 g/mol. The molecule has 1 aliphatic heterocycles. The summed E-state index contributed by atoms with van der Waals surface area (Å²) in [7, 11) is -3.78. The largest absolute Gasteiger partial charge is 0.481 e. The van der Waals surface area contributed by atoms with E-state index in [1.807, 2.05) is 0 Å². The third kappa shape index (κ3) is 2.72. The summed E-state index contributed by atoms with van der Waals surface area (Å²) in [6.45, 7) is 1.77. The van der Waals surface area contributed by atoms with Crippen molar-refractivity contribution in [1.29, 1.82) is 0 Å². The van der Waals surface area contributed by atoms with Gasteiger partial charge in [0.25, 0.3) is 10.0 Å². The maximum Gasteiger partial charge on any atom is 0.307 e. The number of carboxylic acid groups (broad SMARTS) is 1. The van der Waals surface area contributed by atoms with Gasteiger partial charge in [-0.05, 0) is 19.8 Å². The van der Waals surface area contributed by atoms with Gasteiger partial charge in [-0.3, -0.25) is 9.59 Å². The second-order valence-corrected chi connectivity index (χ2v) is 7.58. The average Bonchev–Trinajstić information content (AvgIpc) is 2.69. The van der Waals surface area contributed by atoms with Crippen LogP contribution in [0, 0.1) is 12.8 Å². The van der Waals surface area contributed by atoms with Gasteiger partial charge in [0.15, 0.2) is 4.21 Å². The highest BCUT2D eigenvalue weighted by Gasteiger charge is 2.35. The second kappa shape index (κ2) is 5.06. The Morgan fingerprint density at radius 3 is 2.74 bits per heavy atom. The molecule has 19 heavy (non-hydrogen) atoms. The zero-order valence-corrected chi connectivity index (χ0v) is 11.9. The Labute approximate surface area is 113 Å². The summed E-state index contributed by atoms with van der Waals surface area (Å²) >= 11 is 0.636. The zero-order chi connectivity index (χ0) is 14.2. The Morgan fingerprint density at radius 2 is 2.21 bits per heavy atom. The molecule has 106 valence electrons. The highest BCUT2D eigenvalue weighted by Crippen LogP contribution is 2.26. The fourth-order valence-corrected chi connectivity index (χ4v) is 5.08. The van der Waals surface area contributed by atoms with E-state index in [1.54, 1.807) is 0 Å². The van der Waals surface area contributed by atoms with E-state index in [0.29, 0.717) is 29.9 Å². The van der Waals surface area contributed by atoms with Crippen LogP contribution in [-0.2, 0) is 14.8 Å². The van der Waals surface area contributed by atoms with Gasteiger partial charge >= 0.3 is 10.8 Å². The Morgan fingerprint density at radius 1 is 1.53 bits per heavy atom. The summed E-state index contributed by atoms with van der Waals surface area (Å²) in [5, 5.41) is 8.98. The van der Waals surface area contributed by atoms with Crippen molar-refractivity contribution < 1.29 is 18.3 Å². The number of piperidine rings is 1. The summed E-state index contributed by atoms with van der Waals surface area (Å²) in [6, 6.07) is 0. The third-order valence-corrected chi connectivity index (χ3v) is 6.54. The number of hydrogen-bond donors (Lipinski definition) is 2. The summed E-state index contributed by atoms with van der Waals surface area (Å²) < 4.78 is 25.9. The quantitative estimate of drug-likeness (QED) is 0.831. The van der Waals surface area contributed by atoms with Gasteiger partial charge in [-0.25, -0.2) is 8.42 Å². The molecule has 0 radical (unpaired) electrons. The highest BCUT2D eigenvalue weighted by molar-refractivity contribution is 7.91. The number of nitrogens with zero attached hydrogens (tertiary/aromatic N) is 1. The van der Waals surface area contributed by atoms with Crippen molar-refractivity contribution in [3.63, 3.8) is 0 Å². The number of aliphatic carboxylic acids is 1. The summed E-state index contributed by atoms with van der Waals surface area (Å²) in [4.78, 5) is 24.2. The van der Waals surface area contributed by atoms with E-state index in [1.165, 1.54) is 6.92 Å². The van der Waals surface area contributed by atoms with Gasteiger partial charge in [-0.2, -0.15) is 4.31 Å². The van der Waals surface area contributed by atoms with Crippen molar-refractivity contribution >= 4 is 27.3 Å². The lowest BCUT2D eigenvalue weighted by Crippen LogP contribution is -2.42. The number of aromatic nitrogens is 1. The minimum Gasteiger partial charge on any atom is -0.481 e. The smallest absolute Gasteiger partial charge is 0.307 e. The first-order chi connectivity index (χ1) is 8.82. The topological polar surface area (TPSA) is 108 Å². The Hall–Kier alpha value is -1.19. The van der Waals surface area contributed by atoms with E-state index in [-0.39, 0.29) is 17.3 Å². The molecular weight excluding hydrogens is 292 g/mol. The van der Waals surface area contributed by atoms with Crippen LogP contribution in [-0.4, -0.2) is 41.9 Å². The molecular formula is C10H14N2O5S2. The number of aryl methyl sites for hydroxylation is 1. The van der Waals surface area contributed by atoms with Gasteiger partial charge in [0.2, 0.25) is 0 Å². The van der Waals surface area contributed by atoms with Crippen LogP contribution in [0.15, 0.2) is 9.00 Å². The molecule has 1 atom stereocenters. The Bertz CT molecular complexity index is 645. The van der Waals surface area contributed by atoms with Gasteiger partial charge in [0.1, 0.15) is 0 Å². The summed E-state index contributed by atoms with van der Waals surface area (Å²) in [6.07, 6.45) is 0.984. The number of hydrogen-bond acceptors (Lipinski definition) is 5. The van der Waals surface area contributed by atoms with Gasteiger partial charge in [0, 0.05) is 18.8 Å². The number of thiazole rings is 1. The summed E-state index contributed by atoms with van der Waals surface area (Å²) in [5.74, 6) is -1.67. The van der Waals surface area contributed by atoms with Gasteiger partial charge in [0.05, 0.1) is 5.92 Å². The molecule has 1 fully saturated rings. The molecule has 7 nitrogen and oxygen atoms in total. The lowest BCUT2D eigenvalue weighted by atomic mass is 10.0. The van der Waals surface area contributed by atoms with Crippen LogP contribution in [0.1, 0.15) is 18.5 Å². The molecule has 1 aromatic heterocycles. The second-order valence-electron chi connectivity index (χ2n) is 4.47. The first-order valence-corrected chi connectivity index (χ1v) is 8.00. The number of rotatable bonds is 3. The van der Waals surface area contributed by atoms with Crippen LogP contribution in [0.3, 0.4) is 0 Å². The van der Waals surface area contributed by atoms with Crippen molar-refractivity contribution in [2.75, 3.05) is 13.1 Å². The average molecular weight is 306 g/mol. The SMILES string of the molecule is Cc1[nH]c(=O)sc1S(=O)(=O)N1CCC[C@H](C(=O)O)C1. The molecule has 0 bridgehead atoms. The van der Waals surface area contributed by atoms with Crippen molar-refractivity contribution in [1.82, 2.24) is 9.29 Å². The molecule has 1 aliphatic rings. The van der Waals surface area contributed by atoms with E-state index in [4.69, 9.17) is 5.11 Å². The van der Waals surface area contributed by atoms with E-state index < -0.39 is 26.8 Å². The van der Waals surface area contributed by atoms with E-state index in [2.05, 4.69) is 4.98 Å². The third-order valence-electron chi connectivity index (χ3n) is 3.09.